The summed E-state index contributed by atoms with van der Waals surface area (Å²) in [5.74, 6) is 1.35. The highest BCUT2D eigenvalue weighted by Gasteiger charge is 2.22. The molecule has 0 saturated heterocycles. The van der Waals surface area contributed by atoms with E-state index in [1.807, 2.05) is 63.4 Å². The number of unbranched alkanes of at least 4 members (excludes halogenated alkanes) is 1. The second-order valence-corrected chi connectivity index (χ2v) is 9.95. The Balaban J connectivity index is 0.000000573. The molecule has 1 aliphatic heterocycles. The molecule has 8 heteroatoms. The maximum Gasteiger partial charge on any atom is 0.303 e. The van der Waals surface area contributed by atoms with Gasteiger partial charge in [-0.05, 0) is 61.9 Å². The summed E-state index contributed by atoms with van der Waals surface area (Å²) < 4.78 is 18.9. The standard InChI is InChI=1S/C24H24FN3O3S.C7H10.C2H6/c1-32-15-20-13-22(27-31-20)16-6-7-17-14-28(19-10-8-18(25)9-11-19)23(26-21(17)12-16)4-2-3-5-24(29)30;1-4-5-6-7(2)3;1-2/h6-13H,2-5,14-15H2,1H3,(H,29,30);4-6H,1-2H2,3H3;1-2H3/b;6-5-;. The van der Waals surface area contributed by atoms with Gasteiger partial charge in [0, 0.05) is 30.2 Å². The molecule has 3 aromatic rings. The van der Waals surface area contributed by atoms with E-state index in [-0.39, 0.29) is 12.2 Å². The van der Waals surface area contributed by atoms with Crippen LogP contribution in [0.3, 0.4) is 0 Å². The van der Waals surface area contributed by atoms with Crippen LogP contribution in [0.4, 0.5) is 15.8 Å². The molecule has 0 bridgehead atoms. The van der Waals surface area contributed by atoms with E-state index in [1.165, 1.54) is 12.1 Å². The fraction of sp³-hybridized carbons (Fsp3) is 0.303. The Morgan fingerprint density at radius 1 is 1.17 bits per heavy atom. The van der Waals surface area contributed by atoms with E-state index >= 15 is 0 Å². The van der Waals surface area contributed by atoms with E-state index in [9.17, 15) is 9.18 Å². The normalized spacial score (nSPS) is 11.9. The van der Waals surface area contributed by atoms with Crippen molar-refractivity contribution in [2.75, 3.05) is 11.2 Å². The third-order valence-electron chi connectivity index (χ3n) is 5.81. The molecular weight excluding hydrogens is 537 g/mol. The lowest BCUT2D eigenvalue weighted by Gasteiger charge is -2.31. The van der Waals surface area contributed by atoms with E-state index in [1.54, 1.807) is 30.0 Å². The maximum atomic E-state index is 13.5. The number of carboxylic acids is 1. The molecule has 1 aromatic heterocycles. The molecule has 2 aromatic carbocycles. The summed E-state index contributed by atoms with van der Waals surface area (Å²) in [6, 6.07) is 14.4. The van der Waals surface area contributed by atoms with Crippen molar-refractivity contribution in [1.29, 1.82) is 0 Å². The number of allylic oxidation sites excluding steroid dienone is 4. The van der Waals surface area contributed by atoms with Crippen LogP contribution in [0.1, 0.15) is 57.8 Å². The number of aliphatic imine (C=N–C) groups is 1. The van der Waals surface area contributed by atoms with E-state index < -0.39 is 5.97 Å². The molecule has 41 heavy (non-hydrogen) atoms. The highest BCUT2D eigenvalue weighted by Crippen LogP contribution is 2.34. The van der Waals surface area contributed by atoms with Crippen LogP contribution in [0.25, 0.3) is 11.3 Å². The monoisotopic (exact) mass is 577 g/mol. The van der Waals surface area contributed by atoms with Gasteiger partial charge in [-0.3, -0.25) is 4.79 Å². The fourth-order valence-electron chi connectivity index (χ4n) is 3.93. The molecule has 0 radical (unpaired) electrons. The van der Waals surface area contributed by atoms with Crippen molar-refractivity contribution in [3.63, 3.8) is 0 Å². The van der Waals surface area contributed by atoms with Crippen molar-refractivity contribution in [3.05, 3.63) is 103 Å². The minimum atomic E-state index is -0.797. The predicted molar refractivity (Wildman–Crippen MR) is 170 cm³/mol. The van der Waals surface area contributed by atoms with Gasteiger partial charge in [0.05, 0.1) is 18.0 Å². The van der Waals surface area contributed by atoms with Crippen LogP contribution < -0.4 is 4.90 Å². The third kappa shape index (κ3) is 10.9. The van der Waals surface area contributed by atoms with Gasteiger partial charge in [-0.2, -0.15) is 11.8 Å². The minimum absolute atomic E-state index is 0.134. The summed E-state index contributed by atoms with van der Waals surface area (Å²) in [6.45, 7) is 13.7. The average molecular weight is 578 g/mol. The van der Waals surface area contributed by atoms with Crippen LogP contribution in [-0.4, -0.2) is 28.3 Å². The number of fused-ring (bicyclic) bond motifs is 1. The lowest BCUT2D eigenvalue weighted by molar-refractivity contribution is -0.137. The number of thioether (sulfide) groups is 1. The van der Waals surface area contributed by atoms with Crippen molar-refractivity contribution in [2.45, 2.75) is 58.8 Å². The molecule has 4 rings (SSSR count). The predicted octanol–water partition coefficient (Wildman–Crippen LogP) is 9.37. The Bertz CT molecular complexity index is 1350. The number of halogens is 1. The minimum Gasteiger partial charge on any atom is -0.481 e. The Morgan fingerprint density at radius 2 is 1.90 bits per heavy atom. The average Bonchev–Trinajstić information content (AvgIpc) is 3.44. The largest absolute Gasteiger partial charge is 0.481 e. The van der Waals surface area contributed by atoms with Crippen molar-refractivity contribution < 1.29 is 18.8 Å². The summed E-state index contributed by atoms with van der Waals surface area (Å²) >= 11 is 1.68. The fourth-order valence-corrected chi connectivity index (χ4v) is 4.35. The zero-order valence-corrected chi connectivity index (χ0v) is 25.2. The number of hydrogen-bond donors (Lipinski definition) is 1. The molecule has 0 unspecified atom stereocenters. The quantitative estimate of drug-likeness (QED) is 0.181. The smallest absolute Gasteiger partial charge is 0.303 e. The molecule has 1 N–H and O–H groups in total. The number of hydrogen-bond acceptors (Lipinski definition) is 6. The van der Waals surface area contributed by atoms with Gasteiger partial charge in [-0.15, -0.1) is 0 Å². The van der Waals surface area contributed by atoms with E-state index in [0.29, 0.717) is 25.8 Å². The number of amidine groups is 1. The first-order valence-corrected chi connectivity index (χ1v) is 15.0. The van der Waals surface area contributed by atoms with Crippen molar-refractivity contribution >= 4 is 34.9 Å². The molecule has 1 aliphatic rings. The molecule has 0 amide bonds. The van der Waals surface area contributed by atoms with Crippen LogP contribution in [0.2, 0.25) is 0 Å². The van der Waals surface area contributed by atoms with Gasteiger partial charge >= 0.3 is 5.97 Å². The van der Waals surface area contributed by atoms with Gasteiger partial charge in [0.1, 0.15) is 23.1 Å². The van der Waals surface area contributed by atoms with Crippen molar-refractivity contribution in [2.24, 2.45) is 4.99 Å². The molecule has 0 atom stereocenters. The highest BCUT2D eigenvalue weighted by atomic mass is 32.2. The molecular formula is C33H40FN3O3S. The van der Waals surface area contributed by atoms with Gasteiger partial charge in [0.15, 0.2) is 0 Å². The van der Waals surface area contributed by atoms with Gasteiger partial charge in [0.2, 0.25) is 0 Å². The number of carboxylic acid groups (broad SMARTS) is 1. The molecule has 2 heterocycles. The molecule has 0 saturated carbocycles. The number of nitrogens with zero attached hydrogens (tertiary/aromatic N) is 3. The van der Waals surface area contributed by atoms with Crippen LogP contribution in [0.5, 0.6) is 0 Å². The van der Waals surface area contributed by atoms with Gasteiger partial charge in [-0.25, -0.2) is 9.38 Å². The molecule has 0 fully saturated rings. The van der Waals surface area contributed by atoms with Crippen LogP contribution in [0.15, 0.2) is 95.0 Å². The summed E-state index contributed by atoms with van der Waals surface area (Å²) in [5.41, 5.74) is 5.54. The topological polar surface area (TPSA) is 78.9 Å². The first kappa shape index (κ1) is 33.3. The van der Waals surface area contributed by atoms with Crippen LogP contribution in [-0.2, 0) is 17.1 Å². The summed E-state index contributed by atoms with van der Waals surface area (Å²) in [7, 11) is 0. The Labute approximate surface area is 247 Å². The Morgan fingerprint density at radius 3 is 2.51 bits per heavy atom. The number of rotatable bonds is 11. The Hall–Kier alpha value is -3.91. The first-order chi connectivity index (χ1) is 19.8. The highest BCUT2D eigenvalue weighted by molar-refractivity contribution is 7.97. The maximum absolute atomic E-state index is 13.5. The zero-order chi connectivity index (χ0) is 30.2. The number of anilines is 1. The van der Waals surface area contributed by atoms with Crippen LogP contribution in [0, 0.1) is 5.82 Å². The first-order valence-electron chi connectivity index (χ1n) is 13.7. The van der Waals surface area contributed by atoms with Gasteiger partial charge in [0.25, 0.3) is 0 Å². The summed E-state index contributed by atoms with van der Waals surface area (Å²) in [6.07, 6.45) is 9.57. The molecule has 0 aliphatic carbocycles. The number of aliphatic carboxylic acids is 1. The van der Waals surface area contributed by atoms with Crippen LogP contribution >= 0.6 is 11.8 Å². The SMILES string of the molecule is C=C/C=C\C(=C)C.CC.CSCc1cc(-c2ccc3c(c2)N=C(CCCCC(=O)O)N(c2ccc(F)cc2)C3)no1. The lowest BCUT2D eigenvalue weighted by atomic mass is 10.0. The molecule has 0 spiro atoms. The summed E-state index contributed by atoms with van der Waals surface area (Å²) in [4.78, 5) is 17.8. The van der Waals surface area contributed by atoms with E-state index in [0.717, 1.165) is 51.1 Å². The van der Waals surface area contributed by atoms with E-state index in [2.05, 4.69) is 23.2 Å². The zero-order valence-electron chi connectivity index (χ0n) is 24.4. The second kappa shape index (κ2) is 17.7. The third-order valence-corrected chi connectivity index (χ3v) is 6.39. The van der Waals surface area contributed by atoms with Crippen molar-refractivity contribution in [3.8, 4) is 11.3 Å². The second-order valence-electron chi connectivity index (χ2n) is 9.09. The molecule has 218 valence electrons. The van der Waals surface area contributed by atoms with Crippen molar-refractivity contribution in [1.82, 2.24) is 5.16 Å². The number of benzene rings is 2. The number of carbonyl (C=O) groups is 1. The molecule has 6 nitrogen and oxygen atoms in total. The Kier molecular flexibility index (Phi) is 14.4. The van der Waals surface area contributed by atoms with E-state index in [4.69, 9.17) is 14.6 Å². The van der Waals surface area contributed by atoms with Gasteiger partial charge < -0.3 is 14.5 Å². The van der Waals surface area contributed by atoms with Gasteiger partial charge in [-0.1, -0.05) is 68.1 Å². The number of aromatic nitrogens is 1. The lowest BCUT2D eigenvalue weighted by Crippen LogP contribution is -2.32. The summed E-state index contributed by atoms with van der Waals surface area (Å²) in [5, 5.41) is 13.1.